The number of aromatic nitrogens is 1. The number of piperidine rings is 1. The number of hydrogen-bond acceptors (Lipinski definition) is 6. The first-order valence-corrected chi connectivity index (χ1v) is 13.7. The van der Waals surface area contributed by atoms with E-state index in [4.69, 9.17) is 4.74 Å². The molecule has 3 atom stereocenters. The number of methoxy groups -OCH3 is 1. The molecule has 2 aromatic carbocycles. The summed E-state index contributed by atoms with van der Waals surface area (Å²) in [5.41, 5.74) is 3.08. The van der Waals surface area contributed by atoms with Gasteiger partial charge < -0.3 is 19.8 Å². The Morgan fingerprint density at radius 1 is 1.17 bits per heavy atom. The molecule has 35 heavy (non-hydrogen) atoms. The van der Waals surface area contributed by atoms with Crippen LogP contribution in [0.3, 0.4) is 0 Å². The summed E-state index contributed by atoms with van der Waals surface area (Å²) >= 11 is 1.93. The predicted octanol–water partition coefficient (Wildman–Crippen LogP) is 5.48. The smallest absolute Gasteiger partial charge is 0.119 e. The second-order valence-corrected chi connectivity index (χ2v) is 10.9. The van der Waals surface area contributed by atoms with Gasteiger partial charge in [0.1, 0.15) is 5.75 Å². The average Bonchev–Trinajstić information content (AvgIpc) is 2.89. The van der Waals surface area contributed by atoms with Gasteiger partial charge in [0.05, 0.1) is 18.7 Å². The molecular weight excluding hydrogens is 456 g/mol. The van der Waals surface area contributed by atoms with Gasteiger partial charge >= 0.3 is 0 Å². The second kappa shape index (κ2) is 12.7. The van der Waals surface area contributed by atoms with Crippen molar-refractivity contribution in [3.05, 3.63) is 65.9 Å². The van der Waals surface area contributed by atoms with Gasteiger partial charge in [0.2, 0.25) is 0 Å². The molecular formula is C29H38N2O3S. The minimum atomic E-state index is -0.552. The fourth-order valence-electron chi connectivity index (χ4n) is 5.22. The average molecular weight is 495 g/mol. The van der Waals surface area contributed by atoms with Gasteiger partial charge in [-0.15, -0.1) is 11.8 Å². The largest absolute Gasteiger partial charge is 0.497 e. The third-order valence-corrected chi connectivity index (χ3v) is 8.32. The molecule has 1 aromatic heterocycles. The standard InChI is InChI=1S/C29H38N2O3S/c1-21-5-3-6-25(17-21)35-16-4-14-31-15-12-22(23(19-31)20-32)7-10-29(33)26-11-13-30-28-9-8-24(34-2)18-27(26)28/h3,5-6,8-9,11,13,17-18,22-23,29,32-33H,4,7,10,12,14-16,19-20H2,1-2H3/t22-,23-,29+/m1/s1. The minimum absolute atomic E-state index is 0.213. The van der Waals surface area contributed by atoms with Crippen LogP contribution in [0.4, 0.5) is 0 Å². The van der Waals surface area contributed by atoms with Crippen LogP contribution in [-0.2, 0) is 0 Å². The zero-order valence-corrected chi connectivity index (χ0v) is 21.7. The summed E-state index contributed by atoms with van der Waals surface area (Å²) in [7, 11) is 1.65. The molecule has 1 saturated heterocycles. The summed E-state index contributed by atoms with van der Waals surface area (Å²) in [6.07, 6.45) is 5.04. The molecule has 1 fully saturated rings. The molecule has 0 saturated carbocycles. The molecule has 0 unspecified atom stereocenters. The van der Waals surface area contributed by atoms with Crippen molar-refractivity contribution >= 4 is 22.7 Å². The third-order valence-electron chi connectivity index (χ3n) is 7.24. The number of thioether (sulfide) groups is 1. The van der Waals surface area contributed by atoms with Crippen LogP contribution in [0, 0.1) is 18.8 Å². The van der Waals surface area contributed by atoms with Crippen LogP contribution in [0.2, 0.25) is 0 Å². The summed E-state index contributed by atoms with van der Waals surface area (Å²) in [5.74, 6) is 2.60. The van der Waals surface area contributed by atoms with Crippen molar-refractivity contribution in [3.63, 3.8) is 0 Å². The van der Waals surface area contributed by atoms with Crippen molar-refractivity contribution < 1.29 is 14.9 Å². The number of nitrogens with zero attached hydrogens (tertiary/aromatic N) is 2. The van der Waals surface area contributed by atoms with E-state index in [1.165, 1.54) is 10.5 Å². The molecule has 1 aliphatic heterocycles. The van der Waals surface area contributed by atoms with E-state index in [0.29, 0.717) is 12.3 Å². The maximum atomic E-state index is 11.0. The zero-order valence-electron chi connectivity index (χ0n) is 20.9. The van der Waals surface area contributed by atoms with E-state index in [0.717, 1.165) is 66.9 Å². The van der Waals surface area contributed by atoms with Crippen molar-refractivity contribution in [3.8, 4) is 5.75 Å². The van der Waals surface area contributed by atoms with Crippen LogP contribution in [0.15, 0.2) is 59.6 Å². The van der Waals surface area contributed by atoms with Gasteiger partial charge in [-0.2, -0.15) is 0 Å². The monoisotopic (exact) mass is 494 g/mol. The van der Waals surface area contributed by atoms with E-state index in [9.17, 15) is 10.2 Å². The number of rotatable bonds is 11. The molecule has 0 amide bonds. The Kier molecular flexibility index (Phi) is 9.44. The second-order valence-electron chi connectivity index (χ2n) is 9.69. The van der Waals surface area contributed by atoms with Gasteiger partial charge in [0, 0.05) is 29.6 Å². The van der Waals surface area contributed by atoms with Crippen molar-refractivity contribution in [1.82, 2.24) is 9.88 Å². The Morgan fingerprint density at radius 3 is 2.86 bits per heavy atom. The number of aliphatic hydroxyl groups is 2. The highest BCUT2D eigenvalue weighted by Gasteiger charge is 2.29. The highest BCUT2D eigenvalue weighted by Crippen LogP contribution is 2.33. The topological polar surface area (TPSA) is 65.8 Å². The Labute approximate surface area is 213 Å². The van der Waals surface area contributed by atoms with Crippen molar-refractivity contribution in [2.75, 3.05) is 39.1 Å². The zero-order chi connectivity index (χ0) is 24.6. The summed E-state index contributed by atoms with van der Waals surface area (Å²) in [6, 6.07) is 16.4. The molecule has 3 aromatic rings. The first kappa shape index (κ1) is 26.0. The van der Waals surface area contributed by atoms with Crippen LogP contribution in [-0.4, -0.2) is 59.2 Å². The lowest BCUT2D eigenvalue weighted by Gasteiger charge is -2.38. The van der Waals surface area contributed by atoms with Crippen LogP contribution < -0.4 is 4.74 Å². The van der Waals surface area contributed by atoms with E-state index in [-0.39, 0.29) is 12.5 Å². The number of fused-ring (bicyclic) bond motifs is 1. The number of pyridine rings is 1. The Hall–Kier alpha value is -2.12. The van der Waals surface area contributed by atoms with Crippen LogP contribution in [0.1, 0.15) is 42.9 Å². The summed E-state index contributed by atoms with van der Waals surface area (Å²) in [6.45, 7) is 5.45. The maximum Gasteiger partial charge on any atom is 0.119 e. The molecule has 188 valence electrons. The lowest BCUT2D eigenvalue weighted by atomic mass is 9.81. The molecule has 0 spiro atoms. The molecule has 4 rings (SSSR count). The molecule has 0 bridgehead atoms. The molecule has 0 radical (unpaired) electrons. The SMILES string of the molecule is COc1ccc2nccc([C@@H](O)CC[C@@H]3CCN(CCCSc4cccc(C)c4)C[C@@H]3CO)c2c1. The summed E-state index contributed by atoms with van der Waals surface area (Å²) in [5, 5.41) is 22.1. The normalized spacial score (nSPS) is 19.7. The van der Waals surface area contributed by atoms with Gasteiger partial charge in [0.15, 0.2) is 0 Å². The van der Waals surface area contributed by atoms with Gasteiger partial charge in [-0.1, -0.05) is 17.7 Å². The van der Waals surface area contributed by atoms with Gasteiger partial charge in [-0.25, -0.2) is 0 Å². The lowest BCUT2D eigenvalue weighted by Crippen LogP contribution is -2.42. The Morgan fingerprint density at radius 2 is 2.06 bits per heavy atom. The van der Waals surface area contributed by atoms with E-state index in [2.05, 4.69) is 41.1 Å². The Bertz CT molecular complexity index is 1090. The summed E-state index contributed by atoms with van der Waals surface area (Å²) in [4.78, 5) is 8.28. The highest BCUT2D eigenvalue weighted by molar-refractivity contribution is 7.99. The number of likely N-dealkylation sites (tertiary alicyclic amines) is 1. The fraction of sp³-hybridized carbons (Fsp3) is 0.483. The molecule has 2 N–H and O–H groups in total. The predicted molar refractivity (Wildman–Crippen MR) is 144 cm³/mol. The van der Waals surface area contributed by atoms with E-state index in [1.54, 1.807) is 13.3 Å². The van der Waals surface area contributed by atoms with E-state index < -0.39 is 6.10 Å². The number of benzene rings is 2. The fourth-order valence-corrected chi connectivity index (χ4v) is 6.17. The minimum Gasteiger partial charge on any atom is -0.497 e. The maximum absolute atomic E-state index is 11.0. The van der Waals surface area contributed by atoms with Gasteiger partial charge in [-0.05, 0) is 105 Å². The lowest BCUT2D eigenvalue weighted by molar-refractivity contribution is 0.0581. The number of aliphatic hydroxyl groups excluding tert-OH is 2. The first-order valence-electron chi connectivity index (χ1n) is 12.7. The van der Waals surface area contributed by atoms with Crippen molar-refractivity contribution in [1.29, 1.82) is 0 Å². The van der Waals surface area contributed by atoms with Crippen LogP contribution >= 0.6 is 11.8 Å². The third kappa shape index (κ3) is 6.98. The van der Waals surface area contributed by atoms with Crippen molar-refractivity contribution in [2.45, 2.75) is 43.6 Å². The van der Waals surface area contributed by atoms with E-state index >= 15 is 0 Å². The molecule has 1 aliphatic rings. The van der Waals surface area contributed by atoms with Gasteiger partial charge in [-0.3, -0.25) is 4.98 Å². The van der Waals surface area contributed by atoms with Gasteiger partial charge in [0.25, 0.3) is 0 Å². The quantitative estimate of drug-likeness (QED) is 0.272. The molecule has 2 heterocycles. The molecule has 5 nitrogen and oxygen atoms in total. The number of hydrogen-bond donors (Lipinski definition) is 2. The number of aryl methyl sites for hydroxylation is 1. The molecule has 0 aliphatic carbocycles. The first-order chi connectivity index (χ1) is 17.1. The molecule has 6 heteroatoms. The number of ether oxygens (including phenoxy) is 1. The van der Waals surface area contributed by atoms with Crippen LogP contribution in [0.5, 0.6) is 5.75 Å². The van der Waals surface area contributed by atoms with E-state index in [1.807, 2.05) is 36.0 Å². The highest BCUT2D eigenvalue weighted by atomic mass is 32.2. The van der Waals surface area contributed by atoms with Crippen LogP contribution in [0.25, 0.3) is 10.9 Å². The summed E-state index contributed by atoms with van der Waals surface area (Å²) < 4.78 is 5.37. The Balaban J connectivity index is 1.26. The van der Waals surface area contributed by atoms with Crippen molar-refractivity contribution in [2.24, 2.45) is 11.8 Å².